The van der Waals surface area contributed by atoms with E-state index < -0.39 is 24.8 Å². The monoisotopic (exact) mass is 675 g/mol. The predicted molar refractivity (Wildman–Crippen MR) is 197 cm³/mol. The summed E-state index contributed by atoms with van der Waals surface area (Å²) >= 11 is 0. The summed E-state index contributed by atoms with van der Waals surface area (Å²) in [5.74, 6) is -1.59. The van der Waals surface area contributed by atoms with Gasteiger partial charge < -0.3 is 20.3 Å². The molecule has 1 fully saturated rings. The number of nitrogens with one attached hydrogen (secondary N) is 2. The van der Waals surface area contributed by atoms with Gasteiger partial charge in [-0.05, 0) is 33.5 Å². The van der Waals surface area contributed by atoms with Crippen LogP contribution in [-0.4, -0.2) is 53.7 Å². The molecule has 252 valence electrons. The summed E-state index contributed by atoms with van der Waals surface area (Å²) in [5.41, 5.74) is 1.46. The summed E-state index contributed by atoms with van der Waals surface area (Å²) in [4.78, 5) is 56.5. The number of nitrogens with zero attached hydrogens (tertiary/aromatic N) is 1. The SMILES string of the molecule is C=CCOC(=O)C(N1C(=O)[C@H](C(C)C)[C@H]1CC(=O)c1cccc(CNC(=O)NC)c1)=P(c1ccccc1)(c1ccccc1)c1ccccc1. The lowest BCUT2D eigenvalue weighted by atomic mass is 9.76. The molecule has 3 amide bonds. The molecule has 1 saturated heterocycles. The van der Waals surface area contributed by atoms with Crippen molar-refractivity contribution in [3.05, 3.63) is 139 Å². The van der Waals surface area contributed by atoms with Crippen molar-refractivity contribution in [3.8, 4) is 0 Å². The standard InChI is InChI=1S/C40H42N3O5P/c1-5-24-48-39(46)38(49(31-18-9-6-10-19-31,32-20-11-7-12-21-32)33-22-13-8-14-23-33)43-34(36(28(2)3)37(43)45)26-35(44)30-17-15-16-29(25-30)27-42-40(47)41-4/h5-23,25,28,34,36H,1,24,26-27H2,2-4H3,(H2,41,42,47)/t34-,36-/m1/s1. The molecule has 0 bridgehead atoms. The lowest BCUT2D eigenvalue weighted by Gasteiger charge is -2.51. The Kier molecular flexibility index (Phi) is 11.3. The highest BCUT2D eigenvalue weighted by Crippen LogP contribution is 2.50. The fourth-order valence-electron chi connectivity index (χ4n) is 6.57. The van der Waals surface area contributed by atoms with E-state index in [0.29, 0.717) is 5.56 Å². The van der Waals surface area contributed by atoms with Gasteiger partial charge in [-0.1, -0.05) is 136 Å². The molecule has 9 heteroatoms. The highest BCUT2D eigenvalue weighted by Gasteiger charge is 2.55. The zero-order valence-electron chi connectivity index (χ0n) is 28.0. The molecular formula is C40H42N3O5P. The number of esters is 1. The molecule has 4 aromatic carbocycles. The molecule has 1 heterocycles. The largest absolute Gasteiger partial charge is 0.457 e. The number of Topliss-reactive ketones (excluding diaryl/α,β-unsaturated/α-hetero) is 1. The molecule has 5 rings (SSSR count). The predicted octanol–water partition coefficient (Wildman–Crippen LogP) is 5.02. The number of amides is 3. The van der Waals surface area contributed by atoms with Crippen LogP contribution in [0.1, 0.15) is 36.2 Å². The first-order valence-corrected chi connectivity index (χ1v) is 18.1. The van der Waals surface area contributed by atoms with Crippen LogP contribution in [0.2, 0.25) is 0 Å². The first-order chi connectivity index (χ1) is 23.7. The second-order valence-electron chi connectivity index (χ2n) is 12.2. The smallest absolute Gasteiger partial charge is 0.356 e. The molecule has 4 aromatic rings. The Hall–Kier alpha value is -5.20. The quantitative estimate of drug-likeness (QED) is 0.0681. The van der Waals surface area contributed by atoms with Crippen molar-refractivity contribution in [3.63, 3.8) is 0 Å². The molecule has 0 radical (unpaired) electrons. The molecule has 1 aliphatic heterocycles. The Morgan fingerprint density at radius 3 is 1.90 bits per heavy atom. The van der Waals surface area contributed by atoms with Gasteiger partial charge in [-0.3, -0.25) is 9.59 Å². The summed E-state index contributed by atoms with van der Waals surface area (Å²) in [6.45, 7) is 4.78. The summed E-state index contributed by atoms with van der Waals surface area (Å²) in [7, 11) is 1.54. The second-order valence-corrected chi connectivity index (χ2v) is 15.5. The van der Waals surface area contributed by atoms with E-state index in [-0.39, 0.29) is 48.6 Å². The van der Waals surface area contributed by atoms with E-state index in [9.17, 15) is 19.2 Å². The van der Waals surface area contributed by atoms with Crippen molar-refractivity contribution in [2.45, 2.75) is 32.9 Å². The van der Waals surface area contributed by atoms with Crippen LogP contribution in [0, 0.1) is 11.8 Å². The summed E-state index contributed by atoms with van der Waals surface area (Å²) in [5, 5.41) is 7.89. The third-order valence-electron chi connectivity index (χ3n) is 8.80. The highest BCUT2D eigenvalue weighted by molar-refractivity contribution is 7.96. The van der Waals surface area contributed by atoms with Gasteiger partial charge in [-0.15, -0.1) is 0 Å². The van der Waals surface area contributed by atoms with Crippen molar-refractivity contribution in [2.24, 2.45) is 11.8 Å². The number of carbonyl (C=O) groups excluding carboxylic acids is 4. The van der Waals surface area contributed by atoms with Gasteiger partial charge in [0.1, 0.15) is 12.0 Å². The summed E-state index contributed by atoms with van der Waals surface area (Å²) in [6.07, 6.45) is 1.50. The van der Waals surface area contributed by atoms with Gasteiger partial charge in [-0.2, -0.15) is 0 Å². The molecule has 0 saturated carbocycles. The molecule has 0 aromatic heterocycles. The number of likely N-dealkylation sites (tertiary alicyclic amines) is 1. The van der Waals surface area contributed by atoms with Crippen molar-refractivity contribution in [2.75, 3.05) is 13.7 Å². The average Bonchev–Trinajstić information content (AvgIpc) is 3.13. The first kappa shape index (κ1) is 35.1. The van der Waals surface area contributed by atoms with Crippen LogP contribution < -0.4 is 26.5 Å². The van der Waals surface area contributed by atoms with Crippen molar-refractivity contribution in [1.29, 1.82) is 0 Å². The average molecular weight is 676 g/mol. The molecule has 0 unspecified atom stereocenters. The lowest BCUT2D eigenvalue weighted by Crippen LogP contribution is -2.67. The Morgan fingerprint density at radius 2 is 1.41 bits per heavy atom. The topological polar surface area (TPSA) is 105 Å². The van der Waals surface area contributed by atoms with Gasteiger partial charge in [0, 0.05) is 32.5 Å². The molecule has 0 spiro atoms. The number of hydrogen-bond acceptors (Lipinski definition) is 5. The number of ether oxygens (including phenoxy) is 1. The normalized spacial score (nSPS) is 15.6. The van der Waals surface area contributed by atoms with E-state index in [1.54, 1.807) is 23.1 Å². The fourth-order valence-corrected chi connectivity index (χ4v) is 11.0. The lowest BCUT2D eigenvalue weighted by molar-refractivity contribution is -0.153. The number of benzene rings is 4. The molecule has 8 nitrogen and oxygen atoms in total. The van der Waals surface area contributed by atoms with Crippen LogP contribution in [-0.2, 0) is 20.9 Å². The fraction of sp³-hybridized carbons (Fsp3) is 0.225. The Balaban J connectivity index is 1.75. The molecule has 1 aliphatic rings. The minimum atomic E-state index is -3.10. The maximum absolute atomic E-state index is 14.6. The van der Waals surface area contributed by atoms with E-state index in [0.717, 1.165) is 21.5 Å². The van der Waals surface area contributed by atoms with Gasteiger partial charge in [-0.25, -0.2) is 9.59 Å². The van der Waals surface area contributed by atoms with Gasteiger partial charge in [0.05, 0.1) is 12.0 Å². The number of β-lactam (4-membered cyclic amide) rings is 1. The van der Waals surface area contributed by atoms with Gasteiger partial charge in [0.15, 0.2) is 5.78 Å². The van der Waals surface area contributed by atoms with Gasteiger partial charge >= 0.3 is 12.0 Å². The molecule has 2 atom stereocenters. The molecule has 2 N–H and O–H groups in total. The highest BCUT2D eigenvalue weighted by atomic mass is 31.2. The third-order valence-corrected chi connectivity index (χ3v) is 13.1. The van der Waals surface area contributed by atoms with E-state index in [2.05, 4.69) is 17.2 Å². The number of ketones is 1. The van der Waals surface area contributed by atoms with E-state index in [4.69, 9.17) is 4.74 Å². The first-order valence-electron chi connectivity index (χ1n) is 16.4. The van der Waals surface area contributed by atoms with Crippen LogP contribution in [0.15, 0.2) is 128 Å². The Labute approximate surface area is 288 Å². The van der Waals surface area contributed by atoms with Crippen LogP contribution >= 0.6 is 6.89 Å². The summed E-state index contributed by atoms with van der Waals surface area (Å²) < 4.78 is 5.85. The van der Waals surface area contributed by atoms with E-state index in [1.807, 2.05) is 111 Å². The number of carbonyl (C=O) groups is 4. The van der Waals surface area contributed by atoms with E-state index in [1.165, 1.54) is 13.1 Å². The minimum Gasteiger partial charge on any atom is -0.457 e. The van der Waals surface area contributed by atoms with Crippen LogP contribution in [0.4, 0.5) is 4.79 Å². The van der Waals surface area contributed by atoms with Crippen molar-refractivity contribution < 1.29 is 23.9 Å². The Bertz CT molecular complexity index is 1770. The molecule has 49 heavy (non-hydrogen) atoms. The maximum atomic E-state index is 14.6. The number of urea groups is 1. The number of hydrogen-bond donors (Lipinski definition) is 2. The van der Waals surface area contributed by atoms with Crippen LogP contribution in [0.3, 0.4) is 0 Å². The van der Waals surface area contributed by atoms with Crippen molar-refractivity contribution >= 4 is 51.9 Å². The zero-order chi connectivity index (χ0) is 35.0. The molecule has 0 aliphatic carbocycles. The zero-order valence-corrected chi connectivity index (χ0v) is 28.9. The van der Waals surface area contributed by atoms with Crippen molar-refractivity contribution in [1.82, 2.24) is 15.5 Å². The summed E-state index contributed by atoms with van der Waals surface area (Å²) in [6, 6.07) is 35.5. The minimum absolute atomic E-state index is 0.00246. The van der Waals surface area contributed by atoms with Crippen LogP contribution in [0.5, 0.6) is 0 Å². The number of rotatable bonds is 13. The Morgan fingerprint density at radius 1 is 0.857 bits per heavy atom. The maximum Gasteiger partial charge on any atom is 0.356 e. The van der Waals surface area contributed by atoms with E-state index >= 15 is 0 Å². The van der Waals surface area contributed by atoms with Crippen LogP contribution in [0.25, 0.3) is 0 Å². The van der Waals surface area contributed by atoms with Gasteiger partial charge in [0.2, 0.25) is 5.91 Å². The second kappa shape index (κ2) is 15.8. The molecular weight excluding hydrogens is 633 g/mol. The third kappa shape index (κ3) is 7.15. The van der Waals surface area contributed by atoms with Gasteiger partial charge in [0.25, 0.3) is 0 Å².